The fourth-order valence-electron chi connectivity index (χ4n) is 2.70. The van der Waals surface area contributed by atoms with E-state index in [9.17, 15) is 0 Å². The van der Waals surface area contributed by atoms with Crippen molar-refractivity contribution in [2.24, 2.45) is 0 Å². The molecule has 0 saturated heterocycles. The lowest BCUT2D eigenvalue weighted by molar-refractivity contribution is 0.462. The molecule has 0 fully saturated rings. The van der Waals surface area contributed by atoms with Gasteiger partial charge in [0.1, 0.15) is 5.75 Å². The normalized spacial score (nSPS) is 10.7. The van der Waals surface area contributed by atoms with Gasteiger partial charge in [-0.3, -0.25) is 0 Å². The van der Waals surface area contributed by atoms with Crippen molar-refractivity contribution in [3.8, 4) is 17.3 Å². The first-order valence-corrected chi connectivity index (χ1v) is 9.52. The van der Waals surface area contributed by atoms with Gasteiger partial charge in [-0.15, -0.1) is 0 Å². The summed E-state index contributed by atoms with van der Waals surface area (Å²) in [6, 6.07) is 16.8. The van der Waals surface area contributed by atoms with Crippen LogP contribution in [0.3, 0.4) is 0 Å². The average molecular weight is 427 g/mol. The first kappa shape index (κ1) is 19.2. The van der Waals surface area contributed by atoms with Crippen LogP contribution in [0, 0.1) is 6.92 Å². The second-order valence-electron chi connectivity index (χ2n) is 6.26. The minimum atomic E-state index is 0.380. The molecule has 0 bridgehead atoms. The molecular weight excluding hydrogens is 411 g/mol. The molecule has 2 heterocycles. The monoisotopic (exact) mass is 426 g/mol. The number of ether oxygens (including phenoxy) is 1. The third kappa shape index (κ3) is 4.47. The summed E-state index contributed by atoms with van der Waals surface area (Å²) in [6.45, 7) is 2.47. The second-order valence-corrected chi connectivity index (χ2v) is 7.05. The molecule has 29 heavy (non-hydrogen) atoms. The Bertz CT molecular complexity index is 1150. The van der Waals surface area contributed by atoms with Crippen LogP contribution in [0.1, 0.15) is 11.1 Å². The molecule has 0 aliphatic heterocycles. The van der Waals surface area contributed by atoms with E-state index in [4.69, 9.17) is 27.9 Å². The number of hydrogen-bond acceptors (Lipinski definition) is 6. The molecule has 0 atom stereocenters. The molecule has 0 unspecified atom stereocenters. The highest BCUT2D eigenvalue weighted by molar-refractivity contribution is 6.43. The van der Waals surface area contributed by atoms with E-state index in [0.29, 0.717) is 39.9 Å². The molecule has 0 saturated carbocycles. The van der Waals surface area contributed by atoms with Gasteiger partial charge in [0.2, 0.25) is 11.8 Å². The number of pyridine rings is 1. The summed E-state index contributed by atoms with van der Waals surface area (Å²) in [5, 5.41) is 15.8. The SMILES string of the molecule is Cc1ccnc(Oc2cccc(CNc3nnnn3-c3cccc(Cl)c3Cl)c2)c1. The predicted molar refractivity (Wildman–Crippen MR) is 112 cm³/mol. The lowest BCUT2D eigenvalue weighted by Gasteiger charge is -2.10. The van der Waals surface area contributed by atoms with E-state index in [0.717, 1.165) is 11.1 Å². The lowest BCUT2D eigenvalue weighted by atomic mass is 10.2. The van der Waals surface area contributed by atoms with Gasteiger partial charge in [0.15, 0.2) is 0 Å². The van der Waals surface area contributed by atoms with Gasteiger partial charge in [0.05, 0.1) is 15.7 Å². The Morgan fingerprint density at radius 3 is 2.79 bits per heavy atom. The maximum Gasteiger partial charge on any atom is 0.248 e. The van der Waals surface area contributed by atoms with Gasteiger partial charge in [-0.25, -0.2) is 4.98 Å². The number of aryl methyl sites for hydroxylation is 1. The maximum atomic E-state index is 6.28. The van der Waals surface area contributed by atoms with Crippen LogP contribution in [0.5, 0.6) is 11.6 Å². The summed E-state index contributed by atoms with van der Waals surface area (Å²) in [4.78, 5) is 4.22. The molecule has 0 aliphatic carbocycles. The van der Waals surface area contributed by atoms with Crippen molar-refractivity contribution in [2.75, 3.05) is 5.32 Å². The summed E-state index contributed by atoms with van der Waals surface area (Å²) >= 11 is 12.4. The highest BCUT2D eigenvalue weighted by Crippen LogP contribution is 2.29. The first-order valence-electron chi connectivity index (χ1n) is 8.76. The Morgan fingerprint density at radius 2 is 1.93 bits per heavy atom. The van der Waals surface area contributed by atoms with Crippen LogP contribution in [0.15, 0.2) is 60.8 Å². The van der Waals surface area contributed by atoms with Crippen LogP contribution in [-0.4, -0.2) is 25.2 Å². The molecule has 2 aromatic heterocycles. The number of nitrogens with one attached hydrogen (secondary N) is 1. The highest BCUT2D eigenvalue weighted by atomic mass is 35.5. The van der Waals surface area contributed by atoms with Crippen LogP contribution >= 0.6 is 23.2 Å². The number of hydrogen-bond donors (Lipinski definition) is 1. The zero-order chi connectivity index (χ0) is 20.2. The van der Waals surface area contributed by atoms with E-state index >= 15 is 0 Å². The van der Waals surface area contributed by atoms with E-state index in [2.05, 4.69) is 25.8 Å². The molecule has 0 aliphatic rings. The van der Waals surface area contributed by atoms with E-state index in [-0.39, 0.29) is 0 Å². The van der Waals surface area contributed by atoms with Crippen molar-refractivity contribution in [1.29, 1.82) is 0 Å². The quantitative estimate of drug-likeness (QED) is 0.463. The molecule has 7 nitrogen and oxygen atoms in total. The molecule has 4 aromatic rings. The zero-order valence-electron chi connectivity index (χ0n) is 15.4. The van der Waals surface area contributed by atoms with Crippen LogP contribution in [0.2, 0.25) is 10.0 Å². The maximum absolute atomic E-state index is 6.28. The average Bonchev–Trinajstić information content (AvgIpc) is 3.17. The number of halogens is 2. The minimum Gasteiger partial charge on any atom is -0.439 e. The topological polar surface area (TPSA) is 77.8 Å². The Kier molecular flexibility index (Phi) is 5.59. The van der Waals surface area contributed by atoms with Crippen LogP contribution in [-0.2, 0) is 6.54 Å². The zero-order valence-corrected chi connectivity index (χ0v) is 16.9. The number of anilines is 1. The summed E-state index contributed by atoms with van der Waals surface area (Å²) < 4.78 is 7.35. The van der Waals surface area contributed by atoms with E-state index in [1.807, 2.05) is 43.3 Å². The van der Waals surface area contributed by atoms with Crippen LogP contribution in [0.25, 0.3) is 5.69 Å². The predicted octanol–water partition coefficient (Wildman–Crippen LogP) is 5.08. The molecular formula is C20H16Cl2N6O. The largest absolute Gasteiger partial charge is 0.439 e. The Morgan fingerprint density at radius 1 is 1.07 bits per heavy atom. The van der Waals surface area contributed by atoms with Gasteiger partial charge in [-0.1, -0.05) is 46.5 Å². The fraction of sp³-hybridized carbons (Fsp3) is 0.100. The van der Waals surface area contributed by atoms with Crippen LogP contribution in [0.4, 0.5) is 5.95 Å². The Balaban J connectivity index is 1.49. The van der Waals surface area contributed by atoms with Gasteiger partial charge < -0.3 is 10.1 Å². The van der Waals surface area contributed by atoms with Crippen molar-refractivity contribution in [2.45, 2.75) is 13.5 Å². The third-order valence-corrected chi connectivity index (χ3v) is 4.90. The number of rotatable bonds is 6. The molecule has 0 spiro atoms. The van der Waals surface area contributed by atoms with Crippen molar-refractivity contribution < 1.29 is 4.74 Å². The van der Waals surface area contributed by atoms with Crippen molar-refractivity contribution in [3.63, 3.8) is 0 Å². The van der Waals surface area contributed by atoms with Crippen molar-refractivity contribution in [3.05, 3.63) is 82.0 Å². The molecule has 146 valence electrons. The number of benzene rings is 2. The van der Waals surface area contributed by atoms with Gasteiger partial charge in [-0.2, -0.15) is 4.68 Å². The smallest absolute Gasteiger partial charge is 0.248 e. The molecule has 2 aromatic carbocycles. The minimum absolute atomic E-state index is 0.380. The summed E-state index contributed by atoms with van der Waals surface area (Å²) in [5.74, 6) is 1.69. The third-order valence-electron chi connectivity index (χ3n) is 4.09. The second kappa shape index (κ2) is 8.46. The fourth-order valence-corrected chi connectivity index (χ4v) is 3.08. The van der Waals surface area contributed by atoms with Gasteiger partial charge in [0, 0.05) is 18.8 Å². The number of tetrazole rings is 1. The van der Waals surface area contributed by atoms with E-state index in [1.165, 1.54) is 4.68 Å². The molecule has 0 radical (unpaired) electrons. The molecule has 1 N–H and O–H groups in total. The van der Waals surface area contributed by atoms with E-state index in [1.54, 1.807) is 24.4 Å². The summed E-state index contributed by atoms with van der Waals surface area (Å²) in [5.41, 5.74) is 2.66. The number of aromatic nitrogens is 5. The van der Waals surface area contributed by atoms with Gasteiger partial charge >= 0.3 is 0 Å². The molecule has 0 amide bonds. The summed E-state index contributed by atoms with van der Waals surface area (Å²) in [6.07, 6.45) is 1.72. The first-order chi connectivity index (χ1) is 14.1. The Labute approximate surface area is 177 Å². The van der Waals surface area contributed by atoms with Gasteiger partial charge in [-0.05, 0) is 58.8 Å². The van der Waals surface area contributed by atoms with Crippen LogP contribution < -0.4 is 10.1 Å². The van der Waals surface area contributed by atoms with E-state index < -0.39 is 0 Å². The van der Waals surface area contributed by atoms with Crippen molar-refractivity contribution >= 4 is 29.2 Å². The Hall–Kier alpha value is -3.16. The van der Waals surface area contributed by atoms with Gasteiger partial charge in [0.25, 0.3) is 0 Å². The standard InChI is InChI=1S/C20H16Cl2N6O/c1-13-8-9-23-18(10-13)29-15-5-2-4-14(11-15)12-24-20-25-26-27-28(20)17-7-3-6-16(21)19(17)22/h2-11H,12H2,1H3,(H,24,25,27). The molecule has 4 rings (SSSR count). The molecule has 9 heteroatoms. The highest BCUT2D eigenvalue weighted by Gasteiger charge is 2.13. The number of nitrogens with zero attached hydrogens (tertiary/aromatic N) is 5. The lowest BCUT2D eigenvalue weighted by Crippen LogP contribution is -2.08. The van der Waals surface area contributed by atoms with Crippen molar-refractivity contribution in [1.82, 2.24) is 25.2 Å². The summed E-state index contributed by atoms with van der Waals surface area (Å²) in [7, 11) is 0.